The second-order valence-electron chi connectivity index (χ2n) is 4.06. The van der Waals surface area contributed by atoms with Crippen LogP contribution >= 0.6 is 11.8 Å². The van der Waals surface area contributed by atoms with Gasteiger partial charge >= 0.3 is 0 Å². The molecule has 2 rings (SSSR count). The van der Waals surface area contributed by atoms with Crippen molar-refractivity contribution < 1.29 is 0 Å². The molecule has 1 heterocycles. The van der Waals surface area contributed by atoms with E-state index in [9.17, 15) is 5.26 Å². The fourth-order valence-corrected chi connectivity index (χ4v) is 2.90. The maximum absolute atomic E-state index is 9.32. The van der Waals surface area contributed by atoms with Crippen LogP contribution in [0.2, 0.25) is 0 Å². The number of nitriles is 1. The molecule has 0 spiro atoms. The molecule has 1 unspecified atom stereocenters. The Morgan fingerprint density at radius 3 is 2.94 bits per heavy atom. The fraction of sp³-hybridized carbons (Fsp3) is 0.700. The molecule has 1 saturated carbocycles. The zero-order valence-electron chi connectivity index (χ0n) is 9.47. The van der Waals surface area contributed by atoms with Gasteiger partial charge in [-0.05, 0) is 25.8 Å². The summed E-state index contributed by atoms with van der Waals surface area (Å²) in [5.41, 5.74) is -0.406. The van der Waals surface area contributed by atoms with Gasteiger partial charge in [0, 0.05) is 12.8 Å². The second-order valence-corrected chi connectivity index (χ2v) is 5.00. The molecule has 5 nitrogen and oxygen atoms in total. The van der Waals surface area contributed by atoms with Gasteiger partial charge in [0.05, 0.1) is 6.07 Å². The Balaban J connectivity index is 2.02. The summed E-state index contributed by atoms with van der Waals surface area (Å²) in [6, 6.07) is 2.42. The Morgan fingerprint density at radius 1 is 1.75 bits per heavy atom. The summed E-state index contributed by atoms with van der Waals surface area (Å²) in [6.45, 7) is 0. The molecule has 1 aromatic heterocycles. The summed E-state index contributed by atoms with van der Waals surface area (Å²) in [7, 11) is 3.72. The van der Waals surface area contributed by atoms with Crippen LogP contribution in [0.25, 0.3) is 0 Å². The van der Waals surface area contributed by atoms with Crippen molar-refractivity contribution in [1.82, 2.24) is 20.1 Å². The van der Waals surface area contributed by atoms with Crippen LogP contribution in [0.15, 0.2) is 11.5 Å². The summed E-state index contributed by atoms with van der Waals surface area (Å²) < 4.78 is 1.73. The molecular weight excluding hydrogens is 222 g/mol. The monoisotopic (exact) mass is 237 g/mol. The first-order valence-electron chi connectivity index (χ1n) is 5.29. The summed E-state index contributed by atoms with van der Waals surface area (Å²) >= 11 is 1.58. The Hall–Kier alpha value is -1.06. The van der Waals surface area contributed by atoms with Crippen molar-refractivity contribution in [3.8, 4) is 6.07 Å². The zero-order chi connectivity index (χ0) is 11.6. The van der Waals surface area contributed by atoms with Gasteiger partial charge in [-0.15, -0.1) is 0 Å². The predicted molar refractivity (Wildman–Crippen MR) is 61.9 cm³/mol. The quantitative estimate of drug-likeness (QED) is 0.767. The van der Waals surface area contributed by atoms with Gasteiger partial charge < -0.3 is 5.32 Å². The highest BCUT2D eigenvalue weighted by molar-refractivity contribution is 7.99. The normalized spacial score (nSPS) is 19.1. The third-order valence-electron chi connectivity index (χ3n) is 3.02. The van der Waals surface area contributed by atoms with Gasteiger partial charge in [0.2, 0.25) is 0 Å². The van der Waals surface area contributed by atoms with Crippen molar-refractivity contribution in [1.29, 1.82) is 5.26 Å². The smallest absolute Gasteiger partial charge is 0.185 e. The van der Waals surface area contributed by atoms with Gasteiger partial charge in [0.1, 0.15) is 11.9 Å². The molecule has 1 aromatic rings. The molecule has 0 aromatic carbocycles. The SMILES string of the molecule is CNC(C#N)(CSc1ncnn1C)C1CC1. The standard InChI is InChI=1S/C10H15N5S/c1-12-10(5-11,8-3-4-8)6-16-9-13-7-14-15(9)2/h7-8,12H,3-4,6H2,1-2H3. The van der Waals surface area contributed by atoms with E-state index in [0.717, 1.165) is 23.8 Å². The molecule has 0 aliphatic heterocycles. The number of aromatic nitrogens is 3. The van der Waals surface area contributed by atoms with Gasteiger partial charge in [-0.1, -0.05) is 11.8 Å². The van der Waals surface area contributed by atoms with E-state index in [1.54, 1.807) is 16.4 Å². The van der Waals surface area contributed by atoms with Crippen LogP contribution < -0.4 is 5.32 Å². The van der Waals surface area contributed by atoms with E-state index in [2.05, 4.69) is 21.5 Å². The number of rotatable bonds is 5. The molecule has 1 atom stereocenters. The van der Waals surface area contributed by atoms with Crippen molar-refractivity contribution >= 4 is 11.8 Å². The highest BCUT2D eigenvalue weighted by Crippen LogP contribution is 2.41. The van der Waals surface area contributed by atoms with Crippen LogP contribution in [0, 0.1) is 17.2 Å². The number of nitrogens with one attached hydrogen (secondary N) is 1. The average molecular weight is 237 g/mol. The van der Waals surface area contributed by atoms with E-state index in [4.69, 9.17) is 0 Å². The maximum atomic E-state index is 9.32. The lowest BCUT2D eigenvalue weighted by atomic mass is 9.98. The Labute approximate surface area is 99.2 Å². The highest BCUT2D eigenvalue weighted by Gasteiger charge is 2.44. The fourth-order valence-electron chi connectivity index (χ4n) is 1.74. The van der Waals surface area contributed by atoms with Crippen LogP contribution in [0.5, 0.6) is 0 Å². The van der Waals surface area contributed by atoms with Crippen LogP contribution in [-0.2, 0) is 7.05 Å². The molecule has 0 bridgehead atoms. The average Bonchev–Trinajstić information content (AvgIpc) is 3.07. The minimum Gasteiger partial charge on any atom is -0.302 e. The number of thioether (sulfide) groups is 1. The summed E-state index contributed by atoms with van der Waals surface area (Å²) in [5, 5.41) is 17.4. The Kier molecular flexibility index (Phi) is 3.17. The van der Waals surface area contributed by atoms with E-state index in [-0.39, 0.29) is 0 Å². The molecule has 1 N–H and O–H groups in total. The van der Waals surface area contributed by atoms with Gasteiger partial charge in [0.25, 0.3) is 0 Å². The van der Waals surface area contributed by atoms with Crippen molar-refractivity contribution in [2.24, 2.45) is 13.0 Å². The largest absolute Gasteiger partial charge is 0.302 e. The lowest BCUT2D eigenvalue weighted by molar-refractivity contribution is 0.440. The summed E-state index contributed by atoms with van der Waals surface area (Å²) in [6.07, 6.45) is 3.83. The third-order valence-corrected chi connectivity index (χ3v) is 4.25. The van der Waals surface area contributed by atoms with Crippen LogP contribution in [0.1, 0.15) is 12.8 Å². The predicted octanol–water partition coefficient (Wildman–Crippen LogP) is 0.799. The molecule has 86 valence electrons. The van der Waals surface area contributed by atoms with Crippen LogP contribution in [-0.4, -0.2) is 33.1 Å². The maximum Gasteiger partial charge on any atom is 0.185 e. The minimum atomic E-state index is -0.406. The summed E-state index contributed by atoms with van der Waals surface area (Å²) in [4.78, 5) is 4.14. The van der Waals surface area contributed by atoms with E-state index in [1.165, 1.54) is 6.33 Å². The number of hydrogen-bond donors (Lipinski definition) is 1. The zero-order valence-corrected chi connectivity index (χ0v) is 10.3. The van der Waals surface area contributed by atoms with Gasteiger partial charge in [-0.2, -0.15) is 10.4 Å². The van der Waals surface area contributed by atoms with Crippen LogP contribution in [0.4, 0.5) is 0 Å². The van der Waals surface area contributed by atoms with Gasteiger partial charge in [-0.3, -0.25) is 0 Å². The third kappa shape index (κ3) is 2.06. The lowest BCUT2D eigenvalue weighted by Crippen LogP contribution is -2.46. The topological polar surface area (TPSA) is 66.5 Å². The molecule has 0 radical (unpaired) electrons. The lowest BCUT2D eigenvalue weighted by Gasteiger charge is -2.25. The molecule has 16 heavy (non-hydrogen) atoms. The van der Waals surface area contributed by atoms with Gasteiger partial charge in [-0.25, -0.2) is 9.67 Å². The van der Waals surface area contributed by atoms with Crippen molar-refractivity contribution in [2.75, 3.05) is 12.8 Å². The first kappa shape index (κ1) is 11.4. The molecule has 6 heteroatoms. The van der Waals surface area contributed by atoms with E-state index < -0.39 is 5.54 Å². The van der Waals surface area contributed by atoms with Crippen molar-refractivity contribution in [3.63, 3.8) is 0 Å². The molecule has 1 aliphatic carbocycles. The molecular formula is C10H15N5S. The molecule has 1 aliphatic rings. The van der Waals surface area contributed by atoms with Crippen molar-refractivity contribution in [2.45, 2.75) is 23.5 Å². The highest BCUT2D eigenvalue weighted by atomic mass is 32.2. The van der Waals surface area contributed by atoms with E-state index >= 15 is 0 Å². The Bertz CT molecular complexity index is 406. The first-order valence-corrected chi connectivity index (χ1v) is 6.27. The first-order chi connectivity index (χ1) is 7.72. The number of nitrogens with zero attached hydrogens (tertiary/aromatic N) is 4. The second kappa shape index (κ2) is 4.44. The molecule has 1 fully saturated rings. The van der Waals surface area contributed by atoms with E-state index in [0.29, 0.717) is 5.92 Å². The molecule has 0 saturated heterocycles. The molecule has 0 amide bonds. The van der Waals surface area contributed by atoms with Crippen LogP contribution in [0.3, 0.4) is 0 Å². The Morgan fingerprint density at radius 2 is 2.50 bits per heavy atom. The number of aryl methyl sites for hydroxylation is 1. The summed E-state index contributed by atoms with van der Waals surface area (Å²) in [5.74, 6) is 1.21. The van der Waals surface area contributed by atoms with Gasteiger partial charge in [0.15, 0.2) is 5.16 Å². The minimum absolute atomic E-state index is 0.406. The van der Waals surface area contributed by atoms with Crippen molar-refractivity contribution in [3.05, 3.63) is 6.33 Å². The van der Waals surface area contributed by atoms with E-state index in [1.807, 2.05) is 14.1 Å². The number of hydrogen-bond acceptors (Lipinski definition) is 5.